The molecule has 0 unspecified atom stereocenters. The second-order valence-electron chi connectivity index (χ2n) is 4.73. The lowest BCUT2D eigenvalue weighted by atomic mass is 10.2. The standard InChI is InChI=1S/C16H12Cl2N2O2/c1-2-15(21)19-10-4-6-14-13(8-10)20-16(22-14)11-7-9(17)3-5-12(11)18/h3-8H,2H2,1H3,(H,19,21). The Labute approximate surface area is 137 Å². The molecule has 3 rings (SSSR count). The van der Waals surface area contributed by atoms with Crippen LogP contribution in [-0.2, 0) is 4.79 Å². The van der Waals surface area contributed by atoms with Crippen molar-refractivity contribution in [3.05, 3.63) is 46.4 Å². The summed E-state index contributed by atoms with van der Waals surface area (Å²) in [6.45, 7) is 1.79. The number of fused-ring (bicyclic) bond motifs is 1. The molecular formula is C16H12Cl2N2O2. The van der Waals surface area contributed by atoms with E-state index in [2.05, 4.69) is 10.3 Å². The Morgan fingerprint density at radius 2 is 2.05 bits per heavy atom. The van der Waals surface area contributed by atoms with Gasteiger partial charge in [0.05, 0.1) is 10.6 Å². The Hall–Kier alpha value is -2.04. The molecule has 3 aromatic rings. The van der Waals surface area contributed by atoms with E-state index in [1.807, 2.05) is 0 Å². The summed E-state index contributed by atoms with van der Waals surface area (Å²) >= 11 is 12.1. The predicted octanol–water partition coefficient (Wildman–Crippen LogP) is 5.15. The highest BCUT2D eigenvalue weighted by atomic mass is 35.5. The number of rotatable bonds is 3. The molecule has 1 N–H and O–H groups in total. The lowest BCUT2D eigenvalue weighted by molar-refractivity contribution is -0.115. The summed E-state index contributed by atoms with van der Waals surface area (Å²) in [4.78, 5) is 15.9. The molecule has 6 heteroatoms. The minimum absolute atomic E-state index is 0.0547. The van der Waals surface area contributed by atoms with E-state index >= 15 is 0 Å². The van der Waals surface area contributed by atoms with E-state index in [1.54, 1.807) is 43.3 Å². The molecule has 0 aliphatic rings. The molecule has 1 aromatic heterocycles. The minimum Gasteiger partial charge on any atom is -0.436 e. The molecule has 22 heavy (non-hydrogen) atoms. The minimum atomic E-state index is -0.0547. The van der Waals surface area contributed by atoms with Crippen LogP contribution in [-0.4, -0.2) is 10.9 Å². The first-order valence-corrected chi connectivity index (χ1v) is 7.48. The third kappa shape index (κ3) is 2.93. The van der Waals surface area contributed by atoms with E-state index < -0.39 is 0 Å². The second-order valence-corrected chi connectivity index (χ2v) is 5.57. The molecule has 1 heterocycles. The smallest absolute Gasteiger partial charge is 0.228 e. The molecular weight excluding hydrogens is 323 g/mol. The zero-order chi connectivity index (χ0) is 15.7. The van der Waals surface area contributed by atoms with Crippen LogP contribution in [0.1, 0.15) is 13.3 Å². The average Bonchev–Trinajstić information content (AvgIpc) is 2.92. The highest BCUT2D eigenvalue weighted by Crippen LogP contribution is 2.32. The fourth-order valence-electron chi connectivity index (χ4n) is 2.03. The maximum absolute atomic E-state index is 11.4. The lowest BCUT2D eigenvalue weighted by Crippen LogP contribution is -2.08. The van der Waals surface area contributed by atoms with Crippen LogP contribution in [0, 0.1) is 0 Å². The quantitative estimate of drug-likeness (QED) is 0.720. The molecule has 0 radical (unpaired) electrons. The molecule has 0 aliphatic carbocycles. The maximum Gasteiger partial charge on any atom is 0.228 e. The Morgan fingerprint density at radius 1 is 1.23 bits per heavy atom. The monoisotopic (exact) mass is 334 g/mol. The van der Waals surface area contributed by atoms with Gasteiger partial charge in [0.2, 0.25) is 11.8 Å². The van der Waals surface area contributed by atoms with Crippen LogP contribution in [0.5, 0.6) is 0 Å². The van der Waals surface area contributed by atoms with Gasteiger partial charge in [-0.25, -0.2) is 4.98 Å². The average molecular weight is 335 g/mol. The van der Waals surface area contributed by atoms with E-state index in [-0.39, 0.29) is 5.91 Å². The van der Waals surface area contributed by atoms with Crippen LogP contribution in [0.3, 0.4) is 0 Å². The SMILES string of the molecule is CCC(=O)Nc1ccc2oc(-c3cc(Cl)ccc3Cl)nc2c1. The first-order chi connectivity index (χ1) is 10.6. The van der Waals surface area contributed by atoms with Crippen LogP contribution in [0.25, 0.3) is 22.6 Å². The Balaban J connectivity index is 2.02. The van der Waals surface area contributed by atoms with Crippen molar-refractivity contribution >= 4 is 45.9 Å². The summed E-state index contributed by atoms with van der Waals surface area (Å²) in [5, 5.41) is 3.85. The van der Waals surface area contributed by atoms with Gasteiger partial charge in [-0.15, -0.1) is 0 Å². The fraction of sp³-hybridized carbons (Fsp3) is 0.125. The molecule has 0 saturated carbocycles. The van der Waals surface area contributed by atoms with Crippen molar-refractivity contribution in [2.24, 2.45) is 0 Å². The van der Waals surface area contributed by atoms with Gasteiger partial charge in [0.15, 0.2) is 5.58 Å². The van der Waals surface area contributed by atoms with E-state index in [0.29, 0.717) is 44.7 Å². The van der Waals surface area contributed by atoms with Crippen LogP contribution >= 0.6 is 23.2 Å². The number of carbonyl (C=O) groups is 1. The summed E-state index contributed by atoms with van der Waals surface area (Å²) in [5.74, 6) is 0.336. The van der Waals surface area contributed by atoms with Crippen molar-refractivity contribution in [1.29, 1.82) is 0 Å². The van der Waals surface area contributed by atoms with Gasteiger partial charge in [-0.05, 0) is 36.4 Å². The number of oxazole rings is 1. The first kappa shape index (κ1) is 14.9. The third-order valence-electron chi connectivity index (χ3n) is 3.15. The van der Waals surface area contributed by atoms with Crippen molar-refractivity contribution < 1.29 is 9.21 Å². The summed E-state index contributed by atoms with van der Waals surface area (Å²) in [7, 11) is 0. The van der Waals surface area contributed by atoms with Crippen LogP contribution in [0.2, 0.25) is 10.0 Å². The summed E-state index contributed by atoms with van der Waals surface area (Å²) in [6.07, 6.45) is 0.417. The van der Waals surface area contributed by atoms with Gasteiger partial charge in [-0.1, -0.05) is 30.1 Å². The van der Waals surface area contributed by atoms with E-state index in [4.69, 9.17) is 27.6 Å². The van der Waals surface area contributed by atoms with E-state index in [9.17, 15) is 4.79 Å². The van der Waals surface area contributed by atoms with Crippen LogP contribution < -0.4 is 5.32 Å². The van der Waals surface area contributed by atoms with Crippen molar-refractivity contribution in [1.82, 2.24) is 4.98 Å². The number of amides is 1. The normalized spacial score (nSPS) is 10.9. The number of aromatic nitrogens is 1. The summed E-state index contributed by atoms with van der Waals surface area (Å²) < 4.78 is 5.71. The van der Waals surface area contributed by atoms with Crippen molar-refractivity contribution in [3.8, 4) is 11.5 Å². The molecule has 0 aliphatic heterocycles. The molecule has 0 atom stereocenters. The molecule has 1 amide bonds. The number of carbonyl (C=O) groups excluding carboxylic acids is 1. The zero-order valence-electron chi connectivity index (χ0n) is 11.7. The van der Waals surface area contributed by atoms with Gasteiger partial charge in [0.1, 0.15) is 5.52 Å². The number of benzene rings is 2. The summed E-state index contributed by atoms with van der Waals surface area (Å²) in [5.41, 5.74) is 2.56. The third-order valence-corrected chi connectivity index (χ3v) is 3.72. The summed E-state index contributed by atoms with van der Waals surface area (Å²) in [6, 6.07) is 10.4. The highest BCUT2D eigenvalue weighted by molar-refractivity contribution is 6.35. The lowest BCUT2D eigenvalue weighted by Gasteiger charge is -2.01. The van der Waals surface area contributed by atoms with Crippen LogP contribution in [0.15, 0.2) is 40.8 Å². The maximum atomic E-state index is 11.4. The Bertz CT molecular complexity index is 858. The van der Waals surface area contributed by atoms with Crippen LogP contribution in [0.4, 0.5) is 5.69 Å². The first-order valence-electron chi connectivity index (χ1n) is 6.72. The van der Waals surface area contributed by atoms with Crippen molar-refractivity contribution in [2.45, 2.75) is 13.3 Å². The molecule has 0 bridgehead atoms. The number of nitrogens with zero attached hydrogens (tertiary/aromatic N) is 1. The van der Waals surface area contributed by atoms with E-state index in [1.165, 1.54) is 0 Å². The van der Waals surface area contributed by atoms with Gasteiger partial charge in [0, 0.05) is 17.1 Å². The molecule has 112 valence electrons. The predicted molar refractivity (Wildman–Crippen MR) is 88.4 cm³/mol. The second kappa shape index (κ2) is 5.99. The molecule has 0 saturated heterocycles. The molecule has 4 nitrogen and oxygen atoms in total. The Morgan fingerprint density at radius 3 is 2.82 bits per heavy atom. The Kier molecular flexibility index (Phi) is 4.05. The van der Waals surface area contributed by atoms with Gasteiger partial charge in [-0.3, -0.25) is 4.79 Å². The number of hydrogen-bond donors (Lipinski definition) is 1. The van der Waals surface area contributed by atoms with Crippen molar-refractivity contribution in [3.63, 3.8) is 0 Å². The number of halogens is 2. The number of nitrogens with one attached hydrogen (secondary N) is 1. The fourth-order valence-corrected chi connectivity index (χ4v) is 2.40. The van der Waals surface area contributed by atoms with Gasteiger partial charge in [0.25, 0.3) is 0 Å². The molecule has 0 spiro atoms. The topological polar surface area (TPSA) is 55.1 Å². The number of hydrogen-bond acceptors (Lipinski definition) is 3. The molecule has 0 fully saturated rings. The largest absolute Gasteiger partial charge is 0.436 e. The van der Waals surface area contributed by atoms with Gasteiger partial charge < -0.3 is 9.73 Å². The van der Waals surface area contributed by atoms with Gasteiger partial charge >= 0.3 is 0 Å². The molecule has 2 aromatic carbocycles. The van der Waals surface area contributed by atoms with Crippen molar-refractivity contribution in [2.75, 3.05) is 5.32 Å². The highest BCUT2D eigenvalue weighted by Gasteiger charge is 2.13. The number of anilines is 1. The zero-order valence-corrected chi connectivity index (χ0v) is 13.2. The van der Waals surface area contributed by atoms with E-state index in [0.717, 1.165) is 0 Å². The van der Waals surface area contributed by atoms with Gasteiger partial charge in [-0.2, -0.15) is 0 Å².